The molecule has 0 aromatic heterocycles. The number of nitrogens with one attached hydrogen (secondary N) is 1. The fourth-order valence-electron chi connectivity index (χ4n) is 8.01. The second-order valence-electron chi connectivity index (χ2n) is 20.0. The van der Waals surface area contributed by atoms with Gasteiger partial charge in [0.05, 0.1) is 39.9 Å². The van der Waals surface area contributed by atoms with Gasteiger partial charge in [0.25, 0.3) is 0 Å². The first-order chi connectivity index (χ1) is 31.0. The van der Waals surface area contributed by atoms with E-state index in [-0.39, 0.29) is 19.1 Å². The van der Waals surface area contributed by atoms with E-state index in [1.807, 2.05) is 27.2 Å². The average Bonchev–Trinajstić information content (AvgIpc) is 3.25. The zero-order valence-electron chi connectivity index (χ0n) is 43.0. The summed E-state index contributed by atoms with van der Waals surface area (Å²) in [4.78, 5) is 23.2. The number of hydrogen-bond acceptors (Lipinski definition) is 5. The van der Waals surface area contributed by atoms with Crippen LogP contribution >= 0.6 is 7.82 Å². The van der Waals surface area contributed by atoms with Crippen LogP contribution in [0.2, 0.25) is 0 Å². The summed E-state index contributed by atoms with van der Waals surface area (Å²) in [7, 11) is 1.57. The summed E-state index contributed by atoms with van der Waals surface area (Å²) in [5.41, 5.74) is 0. The van der Waals surface area contributed by atoms with Crippen LogP contribution in [0.4, 0.5) is 0 Å². The first-order valence-corrected chi connectivity index (χ1v) is 28.9. The lowest BCUT2D eigenvalue weighted by Crippen LogP contribution is -2.45. The molecule has 1 amide bonds. The highest BCUT2D eigenvalue weighted by Gasteiger charge is 2.27. The molecule has 3 atom stereocenters. The molecule has 3 unspecified atom stereocenters. The topological polar surface area (TPSA) is 105 Å². The van der Waals surface area contributed by atoms with Gasteiger partial charge in [0.1, 0.15) is 13.2 Å². The molecule has 0 saturated heterocycles. The summed E-state index contributed by atoms with van der Waals surface area (Å²) in [6, 6.07) is -0.851. The highest BCUT2D eigenvalue weighted by atomic mass is 31.2. The van der Waals surface area contributed by atoms with E-state index in [4.69, 9.17) is 9.05 Å². The summed E-state index contributed by atoms with van der Waals surface area (Å²) in [5.74, 6) is -0.183. The van der Waals surface area contributed by atoms with Gasteiger partial charge in [-0.05, 0) is 51.4 Å². The van der Waals surface area contributed by atoms with Gasteiger partial charge >= 0.3 is 7.82 Å². The van der Waals surface area contributed by atoms with Gasteiger partial charge < -0.3 is 19.8 Å². The largest absolute Gasteiger partial charge is 0.472 e. The number of unbranched alkanes of at least 4 members (excludes halogenated alkanes) is 33. The molecule has 0 spiro atoms. The lowest BCUT2D eigenvalue weighted by atomic mass is 10.0. The third-order valence-electron chi connectivity index (χ3n) is 12.4. The Balaban J connectivity index is 4.26. The Morgan fingerprint density at radius 2 is 0.891 bits per heavy atom. The summed E-state index contributed by atoms with van der Waals surface area (Å²) in [5, 5.41) is 13.9. The van der Waals surface area contributed by atoms with E-state index >= 15 is 0 Å². The number of phosphoric ester groups is 1. The molecular weight excluding hydrogens is 816 g/mol. The summed E-state index contributed by atoms with van der Waals surface area (Å²) >= 11 is 0. The predicted octanol–water partition coefficient (Wildman–Crippen LogP) is 16.2. The van der Waals surface area contributed by atoms with Gasteiger partial charge in [-0.1, -0.05) is 237 Å². The Morgan fingerprint density at radius 3 is 1.30 bits per heavy atom. The van der Waals surface area contributed by atoms with E-state index in [1.165, 1.54) is 186 Å². The van der Waals surface area contributed by atoms with Gasteiger partial charge in [-0.25, -0.2) is 4.57 Å². The van der Waals surface area contributed by atoms with Crippen LogP contribution in [0.5, 0.6) is 0 Å². The maximum Gasteiger partial charge on any atom is 0.472 e. The van der Waals surface area contributed by atoms with Crippen LogP contribution in [0, 0.1) is 0 Å². The highest BCUT2D eigenvalue weighted by Crippen LogP contribution is 2.43. The van der Waals surface area contributed by atoms with Crippen molar-refractivity contribution in [2.24, 2.45) is 0 Å². The number of rotatable bonds is 50. The predicted molar refractivity (Wildman–Crippen MR) is 277 cm³/mol. The molecule has 0 rings (SSSR count). The molecule has 0 aliphatic heterocycles. The average molecular weight is 924 g/mol. The summed E-state index contributed by atoms with van der Waals surface area (Å²) < 4.78 is 23.7. The monoisotopic (exact) mass is 924 g/mol. The van der Waals surface area contributed by atoms with Crippen molar-refractivity contribution in [3.8, 4) is 0 Å². The van der Waals surface area contributed by atoms with Gasteiger partial charge in [-0.3, -0.25) is 13.8 Å². The second kappa shape index (κ2) is 46.8. The minimum Gasteiger partial charge on any atom is -0.387 e. The van der Waals surface area contributed by atoms with Crippen molar-refractivity contribution in [2.75, 3.05) is 40.9 Å². The zero-order valence-corrected chi connectivity index (χ0v) is 43.9. The molecule has 0 radical (unpaired) electrons. The van der Waals surface area contributed by atoms with Crippen molar-refractivity contribution in [3.05, 3.63) is 36.5 Å². The third-order valence-corrected chi connectivity index (χ3v) is 13.3. The van der Waals surface area contributed by atoms with Crippen molar-refractivity contribution >= 4 is 13.7 Å². The van der Waals surface area contributed by atoms with E-state index in [0.29, 0.717) is 17.4 Å². The Kier molecular flexibility index (Phi) is 45.9. The molecular formula is C55H108N2O6P+. The number of nitrogens with zero attached hydrogens (tertiary/aromatic N) is 1. The van der Waals surface area contributed by atoms with Crippen LogP contribution in [0.15, 0.2) is 36.5 Å². The fraction of sp³-hybridized carbons (Fsp3) is 0.873. The molecule has 8 nitrogen and oxygen atoms in total. The molecule has 64 heavy (non-hydrogen) atoms. The van der Waals surface area contributed by atoms with Crippen LogP contribution in [-0.2, 0) is 18.4 Å². The Hall–Kier alpha value is -1.28. The highest BCUT2D eigenvalue weighted by molar-refractivity contribution is 7.47. The number of carbonyl (C=O) groups is 1. The van der Waals surface area contributed by atoms with Gasteiger partial charge in [-0.15, -0.1) is 0 Å². The molecule has 0 aliphatic carbocycles. The number of allylic oxidation sites excluding steroid dienone is 5. The lowest BCUT2D eigenvalue weighted by molar-refractivity contribution is -0.870. The number of hydrogen-bond donors (Lipinski definition) is 3. The quantitative estimate of drug-likeness (QED) is 0.0243. The zero-order chi connectivity index (χ0) is 47.1. The first kappa shape index (κ1) is 62.7. The van der Waals surface area contributed by atoms with Crippen LogP contribution in [0.25, 0.3) is 0 Å². The molecule has 0 fully saturated rings. The van der Waals surface area contributed by atoms with Crippen LogP contribution in [0.3, 0.4) is 0 Å². The number of aliphatic hydroxyl groups excluding tert-OH is 1. The Morgan fingerprint density at radius 1 is 0.531 bits per heavy atom. The molecule has 0 heterocycles. The molecule has 0 aromatic rings. The van der Waals surface area contributed by atoms with Crippen molar-refractivity contribution in [1.82, 2.24) is 5.32 Å². The molecule has 378 valence electrons. The van der Waals surface area contributed by atoms with Crippen molar-refractivity contribution in [3.63, 3.8) is 0 Å². The van der Waals surface area contributed by atoms with E-state index in [9.17, 15) is 19.4 Å². The molecule has 9 heteroatoms. The molecule has 0 aromatic carbocycles. The molecule has 0 saturated carbocycles. The van der Waals surface area contributed by atoms with Gasteiger partial charge in [0.2, 0.25) is 5.91 Å². The van der Waals surface area contributed by atoms with E-state index < -0.39 is 20.0 Å². The Labute approximate surface area is 397 Å². The van der Waals surface area contributed by atoms with Gasteiger partial charge in [0, 0.05) is 6.42 Å². The summed E-state index contributed by atoms with van der Waals surface area (Å²) in [6.07, 6.45) is 59.4. The van der Waals surface area contributed by atoms with E-state index in [1.54, 1.807) is 6.08 Å². The van der Waals surface area contributed by atoms with Crippen molar-refractivity contribution < 1.29 is 32.9 Å². The van der Waals surface area contributed by atoms with Crippen molar-refractivity contribution in [1.29, 1.82) is 0 Å². The van der Waals surface area contributed by atoms with Gasteiger partial charge in [-0.2, -0.15) is 0 Å². The summed E-state index contributed by atoms with van der Waals surface area (Å²) in [6.45, 7) is 4.82. The number of aliphatic hydroxyl groups is 1. The molecule has 3 N–H and O–H groups in total. The minimum atomic E-state index is -4.35. The standard InChI is InChI=1S/C55H107N2O6P/c1-6-8-10-12-14-16-18-20-22-24-26-27-28-29-30-31-32-34-36-38-40-42-44-46-48-54(58)53(52-63-64(60,61)62-51-50-57(3,4)5)56-55(59)49-47-45-43-41-39-37-35-33-25-23-21-19-17-15-13-11-9-7-2/h17,19,23,25,46,48,53-54,58H,6-16,18,20-22,24,26-45,47,49-52H2,1-5H3,(H-,56,59,60,61)/p+1/b19-17-,25-23-,48-46+. The Bertz CT molecular complexity index is 1140. The van der Waals surface area contributed by atoms with E-state index in [0.717, 1.165) is 51.4 Å². The maximum absolute atomic E-state index is 12.9. The fourth-order valence-corrected chi connectivity index (χ4v) is 8.75. The SMILES string of the molecule is CCCCCC/C=C\C/C=C\CCCCCCCCCC(=O)NC(COP(=O)(O)OCC[N+](C)(C)C)C(O)/C=C/CCCCCCCCCCCCCCCCCCCCCCCC. The molecule has 0 bridgehead atoms. The van der Waals surface area contributed by atoms with Crippen LogP contribution < -0.4 is 5.32 Å². The van der Waals surface area contributed by atoms with Crippen LogP contribution in [0.1, 0.15) is 258 Å². The maximum atomic E-state index is 12.9. The van der Waals surface area contributed by atoms with Gasteiger partial charge in [0.15, 0.2) is 0 Å². The number of carbonyl (C=O) groups excluding carboxylic acids is 1. The van der Waals surface area contributed by atoms with E-state index in [2.05, 4.69) is 43.5 Å². The normalized spacial score (nSPS) is 14.3. The van der Waals surface area contributed by atoms with Crippen molar-refractivity contribution in [2.45, 2.75) is 270 Å². The number of amides is 1. The number of likely N-dealkylation sites (N-methyl/N-ethyl adjacent to an activating group) is 1. The second-order valence-corrected chi connectivity index (χ2v) is 21.4. The van der Waals surface area contributed by atoms with Crippen LogP contribution in [-0.4, -0.2) is 73.4 Å². The lowest BCUT2D eigenvalue weighted by Gasteiger charge is -2.25. The molecule has 0 aliphatic rings. The first-order valence-electron chi connectivity index (χ1n) is 27.4. The number of quaternary nitrogens is 1. The minimum absolute atomic E-state index is 0.0600. The smallest absolute Gasteiger partial charge is 0.387 e. The third kappa shape index (κ3) is 48.6. The number of phosphoric acid groups is 1.